The fraction of sp³-hybridized carbons (Fsp3) is 0.346. The van der Waals surface area contributed by atoms with Crippen molar-refractivity contribution < 1.29 is 5.11 Å². The number of aromatic nitrogens is 2. The Morgan fingerprint density at radius 1 is 1.14 bits per heavy atom. The number of benzene rings is 1. The van der Waals surface area contributed by atoms with Crippen LogP contribution < -0.4 is 21.7 Å². The van der Waals surface area contributed by atoms with Gasteiger partial charge in [-0.25, -0.2) is 9.97 Å². The number of aliphatic imine (C=N–C) groups is 1. The van der Waals surface area contributed by atoms with E-state index in [4.69, 9.17) is 39.8 Å². The van der Waals surface area contributed by atoms with Crippen LogP contribution in [0.15, 0.2) is 51.5 Å². The lowest BCUT2D eigenvalue weighted by atomic mass is 9.99. The van der Waals surface area contributed by atoms with Crippen LogP contribution in [0.25, 0.3) is 5.57 Å². The lowest BCUT2D eigenvalue weighted by Crippen LogP contribution is -2.47. The number of anilines is 3. The lowest BCUT2D eigenvalue weighted by Gasteiger charge is -2.35. The number of hydrogen-bond donors (Lipinski definition) is 4. The number of aryl methyl sites for hydroxylation is 2. The van der Waals surface area contributed by atoms with E-state index in [1.54, 1.807) is 0 Å². The van der Waals surface area contributed by atoms with E-state index >= 15 is 0 Å². The molecule has 0 atom stereocenters. The van der Waals surface area contributed by atoms with Crippen LogP contribution in [-0.4, -0.2) is 65.3 Å². The fourth-order valence-corrected chi connectivity index (χ4v) is 5.08. The summed E-state index contributed by atoms with van der Waals surface area (Å²) in [6.07, 6.45) is 6.26. The first kappa shape index (κ1) is 26.9. The summed E-state index contributed by atoms with van der Waals surface area (Å²) in [5, 5.41) is 13.5. The van der Waals surface area contributed by atoms with Crippen LogP contribution in [0.1, 0.15) is 23.4 Å². The van der Waals surface area contributed by atoms with Crippen molar-refractivity contribution in [1.29, 1.82) is 0 Å². The molecule has 1 aromatic heterocycles. The van der Waals surface area contributed by atoms with Crippen molar-refractivity contribution in [3.05, 3.63) is 63.4 Å². The number of β-amino-alcohol motifs (C(OH)–C–C–N with tert-alkyl or cyclic N) is 1. The zero-order valence-corrected chi connectivity index (χ0v) is 22.5. The SMILES string of the molecule is Cc1nc(/N=C(\N)Nc2c(C)cc(C3=C(Cl)CC=CC=C3Cl)cc2N)cc(N2CCN(CCO)CC2)n1. The van der Waals surface area contributed by atoms with Crippen LogP contribution in [0.4, 0.5) is 23.0 Å². The Hall–Kier alpha value is -3.11. The molecule has 1 saturated heterocycles. The van der Waals surface area contributed by atoms with E-state index in [1.165, 1.54) is 0 Å². The van der Waals surface area contributed by atoms with Gasteiger partial charge in [-0.3, -0.25) is 4.90 Å². The number of hydrogen-bond acceptors (Lipinski definition) is 7. The first-order valence-corrected chi connectivity index (χ1v) is 12.9. The maximum atomic E-state index is 9.17. The van der Waals surface area contributed by atoms with E-state index < -0.39 is 0 Å². The molecule has 2 aromatic rings. The van der Waals surface area contributed by atoms with Gasteiger partial charge in [0.2, 0.25) is 0 Å². The van der Waals surface area contributed by atoms with Crippen molar-refractivity contribution >= 4 is 57.7 Å². The molecule has 9 nitrogen and oxygen atoms in total. The summed E-state index contributed by atoms with van der Waals surface area (Å²) in [6.45, 7) is 7.95. The molecule has 37 heavy (non-hydrogen) atoms. The highest BCUT2D eigenvalue weighted by Crippen LogP contribution is 2.38. The van der Waals surface area contributed by atoms with E-state index in [1.807, 2.05) is 50.3 Å². The predicted molar refractivity (Wildman–Crippen MR) is 153 cm³/mol. The number of nitrogens with zero attached hydrogens (tertiary/aromatic N) is 5. The number of guanidine groups is 1. The summed E-state index contributed by atoms with van der Waals surface area (Å²) in [5.74, 6) is 2.02. The molecule has 0 bridgehead atoms. The quantitative estimate of drug-likeness (QED) is 0.246. The summed E-state index contributed by atoms with van der Waals surface area (Å²) in [7, 11) is 0. The summed E-state index contributed by atoms with van der Waals surface area (Å²) >= 11 is 13.0. The first-order valence-electron chi connectivity index (χ1n) is 12.1. The van der Waals surface area contributed by atoms with Gasteiger partial charge in [0.15, 0.2) is 11.8 Å². The summed E-state index contributed by atoms with van der Waals surface area (Å²) < 4.78 is 0. The Labute approximate surface area is 227 Å². The van der Waals surface area contributed by atoms with Gasteiger partial charge in [0.1, 0.15) is 11.6 Å². The number of nitrogens with one attached hydrogen (secondary N) is 1. The average molecular weight is 544 g/mol. The van der Waals surface area contributed by atoms with E-state index in [2.05, 4.69) is 30.1 Å². The maximum Gasteiger partial charge on any atom is 0.199 e. The van der Waals surface area contributed by atoms with Crippen molar-refractivity contribution in [3.8, 4) is 0 Å². The van der Waals surface area contributed by atoms with Crippen LogP contribution >= 0.6 is 23.2 Å². The van der Waals surface area contributed by atoms with E-state index in [9.17, 15) is 0 Å². The molecule has 0 unspecified atom stereocenters. The Balaban J connectivity index is 1.53. The van der Waals surface area contributed by atoms with Crippen molar-refractivity contribution in [2.75, 3.05) is 55.3 Å². The zero-order chi connectivity index (χ0) is 26.5. The highest BCUT2D eigenvalue weighted by atomic mass is 35.5. The Morgan fingerprint density at radius 3 is 2.59 bits per heavy atom. The standard InChI is InChI=1S/C26H32Cl2N8O/c1-16-13-18(24-19(27)5-3-4-6-20(24)28)14-21(29)25(16)34-26(30)33-22-15-23(32-17(2)31-22)36-9-7-35(8-10-36)11-12-37/h3-5,13-15,37H,6-12,29H2,1-2H3,(H3,30,31,32,33,34). The highest BCUT2D eigenvalue weighted by molar-refractivity contribution is 6.42. The lowest BCUT2D eigenvalue weighted by molar-refractivity contribution is 0.188. The number of aliphatic hydroxyl groups is 1. The molecule has 11 heteroatoms. The Morgan fingerprint density at radius 2 is 1.89 bits per heavy atom. The number of aliphatic hydroxyl groups excluding tert-OH is 1. The first-order chi connectivity index (χ1) is 17.7. The molecule has 0 amide bonds. The van der Waals surface area contributed by atoms with Crippen LogP contribution in [0.5, 0.6) is 0 Å². The second kappa shape index (κ2) is 12.0. The van der Waals surface area contributed by atoms with Gasteiger partial charge in [0.05, 0.1) is 18.0 Å². The van der Waals surface area contributed by atoms with Gasteiger partial charge in [0, 0.05) is 60.8 Å². The molecule has 0 radical (unpaired) electrons. The number of nitrogen functional groups attached to an aromatic ring is 1. The average Bonchev–Trinajstić information content (AvgIpc) is 3.01. The number of halogens is 2. The summed E-state index contributed by atoms with van der Waals surface area (Å²) in [6, 6.07) is 5.62. The third-order valence-electron chi connectivity index (χ3n) is 6.25. The molecule has 0 spiro atoms. The number of allylic oxidation sites excluding steroid dienone is 6. The van der Waals surface area contributed by atoms with Gasteiger partial charge in [0.25, 0.3) is 0 Å². The minimum absolute atomic E-state index is 0.160. The summed E-state index contributed by atoms with van der Waals surface area (Å²) in [5.41, 5.74) is 16.3. The number of piperazine rings is 1. The summed E-state index contributed by atoms with van der Waals surface area (Å²) in [4.78, 5) is 17.9. The molecule has 1 aromatic carbocycles. The number of rotatable bonds is 6. The van der Waals surface area contributed by atoms with Gasteiger partial charge in [-0.05, 0) is 43.2 Å². The monoisotopic (exact) mass is 542 g/mol. The number of nitrogens with two attached hydrogens (primary N) is 2. The molecule has 1 aliphatic heterocycles. The second-order valence-corrected chi connectivity index (χ2v) is 9.85. The maximum absolute atomic E-state index is 9.17. The van der Waals surface area contributed by atoms with Crippen molar-refractivity contribution in [2.45, 2.75) is 20.3 Å². The van der Waals surface area contributed by atoms with Crippen molar-refractivity contribution in [3.63, 3.8) is 0 Å². The molecule has 6 N–H and O–H groups in total. The molecule has 2 aliphatic rings. The van der Waals surface area contributed by atoms with Gasteiger partial charge >= 0.3 is 0 Å². The Bertz CT molecular complexity index is 1260. The van der Waals surface area contributed by atoms with Crippen LogP contribution in [0.2, 0.25) is 0 Å². The van der Waals surface area contributed by atoms with Crippen molar-refractivity contribution in [1.82, 2.24) is 14.9 Å². The van der Waals surface area contributed by atoms with Crippen LogP contribution in [-0.2, 0) is 0 Å². The molecule has 196 valence electrons. The van der Waals surface area contributed by atoms with E-state index in [0.29, 0.717) is 46.0 Å². The fourth-order valence-electron chi connectivity index (χ4n) is 4.44. The largest absolute Gasteiger partial charge is 0.397 e. The third kappa shape index (κ3) is 6.61. The zero-order valence-electron chi connectivity index (χ0n) is 21.0. The topological polar surface area (TPSA) is 129 Å². The minimum Gasteiger partial charge on any atom is -0.397 e. The molecule has 1 aliphatic carbocycles. The molecule has 0 saturated carbocycles. The normalized spacial score (nSPS) is 17.2. The van der Waals surface area contributed by atoms with E-state index in [0.717, 1.165) is 48.7 Å². The second-order valence-electron chi connectivity index (χ2n) is 8.99. The van der Waals surface area contributed by atoms with Crippen molar-refractivity contribution in [2.24, 2.45) is 10.7 Å². The highest BCUT2D eigenvalue weighted by Gasteiger charge is 2.19. The van der Waals surface area contributed by atoms with Crippen LogP contribution in [0.3, 0.4) is 0 Å². The molecule has 1 fully saturated rings. The Kier molecular flexibility index (Phi) is 8.71. The molecule has 4 rings (SSSR count). The smallest absolute Gasteiger partial charge is 0.199 e. The molecular weight excluding hydrogens is 511 g/mol. The van der Waals surface area contributed by atoms with E-state index in [-0.39, 0.29) is 12.6 Å². The third-order valence-corrected chi connectivity index (χ3v) is 6.91. The van der Waals surface area contributed by atoms with Crippen LogP contribution in [0, 0.1) is 13.8 Å². The van der Waals surface area contributed by atoms with Gasteiger partial charge < -0.3 is 26.8 Å². The van der Waals surface area contributed by atoms with Gasteiger partial charge in [-0.1, -0.05) is 35.4 Å². The van der Waals surface area contributed by atoms with Gasteiger partial charge in [-0.15, -0.1) is 0 Å². The predicted octanol–water partition coefficient (Wildman–Crippen LogP) is 3.88. The molecule has 2 heterocycles. The molecular formula is C26H32Cl2N8O. The van der Waals surface area contributed by atoms with Gasteiger partial charge in [-0.2, -0.15) is 4.99 Å². The minimum atomic E-state index is 0.160.